The summed E-state index contributed by atoms with van der Waals surface area (Å²) in [4.78, 5) is 21.2. The van der Waals surface area contributed by atoms with Gasteiger partial charge < -0.3 is 5.11 Å². The minimum Gasteiger partial charge on any atom is -0.512 e. The van der Waals surface area contributed by atoms with E-state index in [1.165, 1.54) is 43.8 Å². The Balaban J connectivity index is 0.000000209. The number of ketones is 1. The van der Waals surface area contributed by atoms with E-state index in [1.807, 2.05) is 27.7 Å². The number of carbonyl (C=O) groups is 1. The van der Waals surface area contributed by atoms with Gasteiger partial charge in [0.1, 0.15) is 6.33 Å². The van der Waals surface area contributed by atoms with Crippen LogP contribution in [0.5, 0.6) is 0 Å². The van der Waals surface area contributed by atoms with Crippen molar-refractivity contribution in [1.29, 1.82) is 0 Å². The molecule has 0 aliphatic rings. The number of aromatic nitrogens is 2. The van der Waals surface area contributed by atoms with Crippen molar-refractivity contribution in [1.82, 2.24) is 9.97 Å². The molecule has 5 heteroatoms. The molecule has 0 atom stereocenters. The molecule has 7 aromatic rings. The van der Waals surface area contributed by atoms with Crippen molar-refractivity contribution in [3.63, 3.8) is 0 Å². The summed E-state index contributed by atoms with van der Waals surface area (Å²) in [6.07, 6.45) is 6.60. The van der Waals surface area contributed by atoms with Gasteiger partial charge in [-0.2, -0.15) is 0 Å². The average molecular weight is 758 g/mol. The Morgan fingerprint density at radius 3 is 2.02 bits per heavy atom. The molecule has 0 aliphatic heterocycles. The van der Waals surface area contributed by atoms with Gasteiger partial charge in [0.05, 0.1) is 11.3 Å². The van der Waals surface area contributed by atoms with Crippen LogP contribution in [-0.2, 0) is 24.9 Å². The minimum atomic E-state index is 0. The smallest absolute Gasteiger partial charge is 0.162 e. The third-order valence-electron chi connectivity index (χ3n) is 9.03. The summed E-state index contributed by atoms with van der Waals surface area (Å²) in [5.74, 6) is 0.547. The molecule has 44 heavy (non-hydrogen) atoms. The predicted octanol–water partition coefficient (Wildman–Crippen LogP) is 10.5. The Bertz CT molecular complexity index is 2000. The monoisotopic (exact) mass is 758 g/mol. The van der Waals surface area contributed by atoms with Gasteiger partial charge in [0.15, 0.2) is 5.78 Å². The van der Waals surface area contributed by atoms with Gasteiger partial charge in [-0.1, -0.05) is 105 Å². The Labute approximate surface area is 271 Å². The zero-order chi connectivity index (χ0) is 30.1. The number of rotatable bonds is 7. The number of carbonyl (C=O) groups excluding carboxylic acids is 1. The fourth-order valence-electron chi connectivity index (χ4n) is 6.56. The van der Waals surface area contributed by atoms with Crippen LogP contribution in [-0.4, -0.2) is 20.9 Å². The molecule has 1 aromatic heterocycles. The van der Waals surface area contributed by atoms with Gasteiger partial charge in [0, 0.05) is 54.3 Å². The van der Waals surface area contributed by atoms with Crippen molar-refractivity contribution in [2.24, 2.45) is 11.8 Å². The molecule has 1 N–H and O–H groups in total. The van der Waals surface area contributed by atoms with E-state index in [9.17, 15) is 9.90 Å². The molecular weight excluding hydrogens is 721 g/mol. The van der Waals surface area contributed by atoms with Crippen molar-refractivity contribution in [2.45, 2.75) is 53.4 Å². The first-order chi connectivity index (χ1) is 21.0. The quantitative estimate of drug-likeness (QED) is 0.0578. The fourth-order valence-corrected chi connectivity index (χ4v) is 6.56. The number of hydrogen-bond donors (Lipinski definition) is 1. The Morgan fingerprint density at radius 1 is 0.727 bits per heavy atom. The summed E-state index contributed by atoms with van der Waals surface area (Å²) < 4.78 is 0. The SMILES string of the molecule is CCC(CC)C(=O)/C=C(\O)C(CC)CC.[Ir].[c-]1c2ccccc2cc2c1c1ncnc3c4ccccc4c4cccc2c4c13. The Morgan fingerprint density at radius 2 is 1.32 bits per heavy atom. The van der Waals surface area contributed by atoms with Gasteiger partial charge >= 0.3 is 0 Å². The third-order valence-corrected chi connectivity index (χ3v) is 9.03. The van der Waals surface area contributed by atoms with Crippen molar-refractivity contribution >= 4 is 70.7 Å². The maximum atomic E-state index is 11.7. The van der Waals surface area contributed by atoms with E-state index in [0.717, 1.165) is 52.9 Å². The summed E-state index contributed by atoms with van der Waals surface area (Å²) in [5.41, 5.74) is 2.01. The maximum Gasteiger partial charge on any atom is 0.162 e. The van der Waals surface area contributed by atoms with E-state index in [4.69, 9.17) is 9.97 Å². The van der Waals surface area contributed by atoms with Crippen molar-refractivity contribution in [3.05, 3.63) is 97.0 Å². The molecular formula is C39H37IrN2O2-. The summed E-state index contributed by atoms with van der Waals surface area (Å²) in [6.45, 7) is 8.07. The number of aliphatic hydroxyl groups is 1. The Kier molecular flexibility index (Phi) is 9.58. The van der Waals surface area contributed by atoms with Gasteiger partial charge in [0.2, 0.25) is 0 Å². The van der Waals surface area contributed by atoms with Crippen LogP contribution in [0.4, 0.5) is 0 Å². The number of hydrogen-bond acceptors (Lipinski definition) is 4. The van der Waals surface area contributed by atoms with Crippen LogP contribution in [0.3, 0.4) is 0 Å². The minimum absolute atomic E-state index is 0. The molecule has 225 valence electrons. The van der Waals surface area contributed by atoms with Gasteiger partial charge in [-0.25, -0.2) is 4.98 Å². The van der Waals surface area contributed by atoms with Crippen molar-refractivity contribution in [3.8, 4) is 0 Å². The first-order valence-electron chi connectivity index (χ1n) is 15.5. The van der Waals surface area contributed by atoms with E-state index >= 15 is 0 Å². The number of benzene rings is 6. The predicted molar refractivity (Wildman–Crippen MR) is 181 cm³/mol. The van der Waals surface area contributed by atoms with E-state index in [2.05, 4.69) is 78.9 Å². The van der Waals surface area contributed by atoms with Crippen LogP contribution in [0.2, 0.25) is 0 Å². The molecule has 0 fully saturated rings. The zero-order valence-corrected chi connectivity index (χ0v) is 28.0. The second-order valence-electron chi connectivity index (χ2n) is 11.4. The molecule has 0 amide bonds. The normalized spacial score (nSPS) is 12.1. The molecule has 7 rings (SSSR count). The maximum absolute atomic E-state index is 11.7. The first kappa shape index (κ1) is 31.5. The number of nitrogens with zero attached hydrogens (tertiary/aromatic N) is 2. The van der Waals surface area contributed by atoms with E-state index in [0.29, 0.717) is 0 Å². The molecule has 0 saturated heterocycles. The molecule has 6 aromatic carbocycles. The fraction of sp³-hybridized carbons (Fsp3) is 0.256. The van der Waals surface area contributed by atoms with Crippen molar-refractivity contribution < 1.29 is 30.0 Å². The number of allylic oxidation sites excluding steroid dienone is 2. The van der Waals surface area contributed by atoms with Crippen LogP contribution in [0, 0.1) is 17.9 Å². The second-order valence-corrected chi connectivity index (χ2v) is 11.4. The van der Waals surface area contributed by atoms with Gasteiger partial charge in [0.25, 0.3) is 0 Å². The van der Waals surface area contributed by atoms with Crippen molar-refractivity contribution in [2.75, 3.05) is 0 Å². The van der Waals surface area contributed by atoms with Crippen LogP contribution < -0.4 is 0 Å². The molecule has 1 heterocycles. The zero-order valence-electron chi connectivity index (χ0n) is 25.6. The van der Waals surface area contributed by atoms with E-state index < -0.39 is 0 Å². The molecule has 0 unspecified atom stereocenters. The van der Waals surface area contributed by atoms with Crippen LogP contribution in [0.25, 0.3) is 64.9 Å². The molecule has 0 saturated carbocycles. The average Bonchev–Trinajstić information content (AvgIpc) is 3.05. The third kappa shape index (κ3) is 5.44. The van der Waals surface area contributed by atoms with Gasteiger partial charge in [-0.15, -0.1) is 23.6 Å². The summed E-state index contributed by atoms with van der Waals surface area (Å²) in [6, 6.07) is 29.5. The molecule has 0 spiro atoms. The first-order valence-corrected chi connectivity index (χ1v) is 15.5. The van der Waals surface area contributed by atoms with Gasteiger partial charge in [-0.05, 0) is 47.2 Å². The summed E-state index contributed by atoms with van der Waals surface area (Å²) in [5, 5.41) is 21.7. The molecule has 4 nitrogen and oxygen atoms in total. The molecule has 0 bridgehead atoms. The van der Waals surface area contributed by atoms with Crippen LogP contribution in [0.15, 0.2) is 91.0 Å². The standard InChI is InChI=1S/C26H13N2.C13H24O2.Ir/c1-2-7-16-13-22-21(12-15(16)6-1)19-11-5-10-18-17-8-3-4-9-20(17)25-24(23(18)19)26(22)28-14-27-25;1-5-10(6-2)12(14)9-13(15)11(7-3)8-4;/h1-12,14H;9-11,14H,5-8H2,1-4H3;/q-1;;/b;12-9-;. The van der Waals surface area contributed by atoms with E-state index in [-0.39, 0.29) is 43.5 Å². The van der Waals surface area contributed by atoms with Gasteiger partial charge in [-0.3, -0.25) is 9.78 Å². The number of fused-ring (bicyclic) bond motifs is 7. The Hall–Kier alpha value is -3.92. The summed E-state index contributed by atoms with van der Waals surface area (Å²) >= 11 is 0. The molecule has 0 aliphatic carbocycles. The van der Waals surface area contributed by atoms with Crippen LogP contribution >= 0.6 is 0 Å². The van der Waals surface area contributed by atoms with Crippen LogP contribution in [0.1, 0.15) is 53.4 Å². The molecule has 1 radical (unpaired) electrons. The van der Waals surface area contributed by atoms with E-state index in [1.54, 1.807) is 6.33 Å². The number of aliphatic hydroxyl groups excluding tert-OH is 1. The topological polar surface area (TPSA) is 63.1 Å². The second kappa shape index (κ2) is 13.4. The largest absolute Gasteiger partial charge is 0.512 e. The summed E-state index contributed by atoms with van der Waals surface area (Å²) in [7, 11) is 0.